The number of carbonyl (C=O) groups excluding carboxylic acids is 1. The summed E-state index contributed by atoms with van der Waals surface area (Å²) in [4.78, 5) is 24.4. The van der Waals surface area contributed by atoms with Crippen molar-refractivity contribution in [3.05, 3.63) is 27.7 Å². The Morgan fingerprint density at radius 2 is 2.04 bits per heavy atom. The summed E-state index contributed by atoms with van der Waals surface area (Å²) < 4.78 is 20.2. The van der Waals surface area contributed by atoms with Crippen molar-refractivity contribution >= 4 is 50.3 Å². The highest BCUT2D eigenvalue weighted by molar-refractivity contribution is 9.10. The van der Waals surface area contributed by atoms with E-state index >= 15 is 0 Å². The van der Waals surface area contributed by atoms with Gasteiger partial charge in [-0.25, -0.2) is 14.2 Å². The molecule has 0 N–H and O–H groups in total. The third-order valence-electron chi connectivity index (χ3n) is 4.26. The Morgan fingerprint density at radius 1 is 1.33 bits per heavy atom. The normalized spacial score (nSPS) is 18.1. The zero-order valence-electron chi connectivity index (χ0n) is 15.6. The molecule has 1 aromatic heterocycles. The van der Waals surface area contributed by atoms with Gasteiger partial charge in [0.2, 0.25) is 5.28 Å². The van der Waals surface area contributed by atoms with Gasteiger partial charge in [0.25, 0.3) is 0 Å². The number of amides is 1. The van der Waals surface area contributed by atoms with Crippen LogP contribution >= 0.6 is 27.5 Å². The van der Waals surface area contributed by atoms with E-state index in [1.165, 1.54) is 0 Å². The highest BCUT2D eigenvalue weighted by Crippen LogP contribution is 2.32. The monoisotopic (exact) mass is 458 g/mol. The lowest BCUT2D eigenvalue weighted by atomic mass is 10.1. The fourth-order valence-corrected chi connectivity index (χ4v) is 3.56. The highest BCUT2D eigenvalue weighted by Gasteiger charge is 2.31. The van der Waals surface area contributed by atoms with Crippen LogP contribution in [0.15, 0.2) is 16.6 Å². The van der Waals surface area contributed by atoms with Crippen molar-refractivity contribution < 1.29 is 13.9 Å². The minimum Gasteiger partial charge on any atom is -0.444 e. The minimum absolute atomic E-state index is 0.0173. The van der Waals surface area contributed by atoms with Crippen molar-refractivity contribution in [2.24, 2.45) is 0 Å². The van der Waals surface area contributed by atoms with Crippen LogP contribution in [0.2, 0.25) is 5.28 Å². The number of ether oxygens (including phenoxy) is 1. The maximum atomic E-state index is 14.5. The Kier molecular flexibility index (Phi) is 5.49. The molecule has 0 bridgehead atoms. The lowest BCUT2D eigenvalue weighted by Crippen LogP contribution is -2.54. The van der Waals surface area contributed by atoms with Crippen LogP contribution in [0.3, 0.4) is 0 Å². The smallest absolute Gasteiger partial charge is 0.410 e. The summed E-state index contributed by atoms with van der Waals surface area (Å²) in [7, 11) is 0. The Bertz CT molecular complexity index is 890. The van der Waals surface area contributed by atoms with Gasteiger partial charge in [-0.05, 0) is 67.4 Å². The number of benzene rings is 1. The average Bonchev–Trinajstić information content (AvgIpc) is 2.56. The van der Waals surface area contributed by atoms with Gasteiger partial charge in [-0.1, -0.05) is 0 Å². The molecule has 1 amide bonds. The number of hydrogen-bond acceptors (Lipinski definition) is 5. The summed E-state index contributed by atoms with van der Waals surface area (Å²) in [5, 5.41) is 0.564. The molecule has 2 aromatic rings. The van der Waals surface area contributed by atoms with E-state index in [0.717, 1.165) is 0 Å². The zero-order chi connectivity index (χ0) is 19.9. The maximum Gasteiger partial charge on any atom is 0.410 e. The molecule has 0 aliphatic carbocycles. The maximum absolute atomic E-state index is 14.5. The van der Waals surface area contributed by atoms with E-state index in [-0.39, 0.29) is 22.9 Å². The van der Waals surface area contributed by atoms with Gasteiger partial charge in [-0.2, -0.15) is 4.98 Å². The minimum atomic E-state index is -0.543. The van der Waals surface area contributed by atoms with E-state index in [2.05, 4.69) is 25.9 Å². The second-order valence-electron chi connectivity index (χ2n) is 7.54. The van der Waals surface area contributed by atoms with Crippen LogP contribution in [0.5, 0.6) is 0 Å². The third-order valence-corrected chi connectivity index (χ3v) is 5.04. The number of hydrogen-bond donors (Lipinski definition) is 0. The summed E-state index contributed by atoms with van der Waals surface area (Å²) >= 11 is 9.22. The number of halogens is 3. The van der Waals surface area contributed by atoms with Crippen molar-refractivity contribution in [2.45, 2.75) is 39.3 Å². The van der Waals surface area contributed by atoms with Crippen LogP contribution in [0.1, 0.15) is 27.7 Å². The van der Waals surface area contributed by atoms with E-state index < -0.39 is 11.4 Å². The van der Waals surface area contributed by atoms with Gasteiger partial charge in [-0.15, -0.1) is 0 Å². The number of nitrogens with zero attached hydrogens (tertiary/aromatic N) is 4. The van der Waals surface area contributed by atoms with Crippen LogP contribution in [0.4, 0.5) is 15.0 Å². The Labute approximate surface area is 170 Å². The fraction of sp³-hybridized carbons (Fsp3) is 0.500. The Hall–Kier alpha value is -1.67. The molecule has 0 radical (unpaired) electrons. The molecular weight excluding hydrogens is 439 g/mol. The lowest BCUT2D eigenvalue weighted by Gasteiger charge is -2.41. The van der Waals surface area contributed by atoms with Crippen LogP contribution in [0.25, 0.3) is 10.9 Å². The molecule has 2 heterocycles. The molecule has 1 aromatic carbocycles. The molecule has 1 aliphatic heterocycles. The van der Waals surface area contributed by atoms with E-state index in [9.17, 15) is 9.18 Å². The first-order valence-corrected chi connectivity index (χ1v) is 9.80. The van der Waals surface area contributed by atoms with E-state index in [1.54, 1.807) is 17.0 Å². The van der Waals surface area contributed by atoms with Gasteiger partial charge in [0.15, 0.2) is 5.82 Å². The summed E-state index contributed by atoms with van der Waals surface area (Å²) in [5.41, 5.74) is -0.375. The van der Waals surface area contributed by atoms with Crippen LogP contribution in [0, 0.1) is 5.82 Å². The van der Waals surface area contributed by atoms with Crippen molar-refractivity contribution in [3.63, 3.8) is 0 Å². The molecule has 27 heavy (non-hydrogen) atoms. The molecule has 0 saturated carbocycles. The van der Waals surface area contributed by atoms with Crippen LogP contribution in [-0.2, 0) is 4.74 Å². The van der Waals surface area contributed by atoms with E-state index in [0.29, 0.717) is 35.3 Å². The molecule has 6 nitrogen and oxygen atoms in total. The number of aromatic nitrogens is 2. The standard InChI is InChI=1S/C18H21BrClFN4O2/c1-10-9-24(17(26)27-18(2,3)4)7-8-25(10)15-11-5-6-12(19)13(21)14(11)22-16(20)23-15/h5-6,10H,7-9H2,1-4H3. The van der Waals surface area contributed by atoms with E-state index in [1.807, 2.05) is 32.6 Å². The van der Waals surface area contributed by atoms with Gasteiger partial charge < -0.3 is 14.5 Å². The zero-order valence-corrected chi connectivity index (χ0v) is 17.9. The van der Waals surface area contributed by atoms with E-state index in [4.69, 9.17) is 16.3 Å². The first-order valence-electron chi connectivity index (χ1n) is 8.62. The largest absolute Gasteiger partial charge is 0.444 e. The number of anilines is 1. The van der Waals surface area contributed by atoms with Gasteiger partial charge in [0.1, 0.15) is 16.9 Å². The van der Waals surface area contributed by atoms with Crippen LogP contribution < -0.4 is 4.90 Å². The highest BCUT2D eigenvalue weighted by atomic mass is 79.9. The first-order chi connectivity index (χ1) is 12.6. The fourth-order valence-electron chi connectivity index (χ4n) is 3.08. The van der Waals surface area contributed by atoms with Crippen LogP contribution in [-0.4, -0.2) is 52.2 Å². The van der Waals surface area contributed by atoms with Crippen molar-refractivity contribution in [1.29, 1.82) is 0 Å². The van der Waals surface area contributed by atoms with Gasteiger partial charge in [0.05, 0.1) is 4.47 Å². The summed E-state index contributed by atoms with van der Waals surface area (Å²) in [6, 6.07) is 3.34. The molecule has 1 unspecified atom stereocenters. The van der Waals surface area contributed by atoms with Crippen molar-refractivity contribution in [2.75, 3.05) is 24.5 Å². The number of carbonyl (C=O) groups is 1. The summed E-state index contributed by atoms with van der Waals surface area (Å²) in [6.07, 6.45) is -0.338. The molecule has 9 heteroatoms. The molecule has 1 fully saturated rings. The third kappa shape index (κ3) is 4.27. The number of piperazine rings is 1. The topological polar surface area (TPSA) is 58.6 Å². The molecule has 1 saturated heterocycles. The van der Waals surface area contributed by atoms with Crippen molar-refractivity contribution in [1.82, 2.24) is 14.9 Å². The van der Waals surface area contributed by atoms with Gasteiger partial charge in [-0.3, -0.25) is 0 Å². The molecular formula is C18H21BrClFN4O2. The molecule has 1 atom stereocenters. The molecule has 146 valence electrons. The Morgan fingerprint density at radius 3 is 2.67 bits per heavy atom. The lowest BCUT2D eigenvalue weighted by molar-refractivity contribution is 0.0218. The first kappa shape index (κ1) is 20.1. The second-order valence-corrected chi connectivity index (χ2v) is 8.73. The second kappa shape index (κ2) is 7.39. The SMILES string of the molecule is CC1CN(C(=O)OC(C)(C)C)CCN1c1nc(Cl)nc2c(F)c(Br)ccc12. The summed E-state index contributed by atoms with van der Waals surface area (Å²) in [5.74, 6) is 0.0887. The Balaban J connectivity index is 1.89. The molecule has 0 spiro atoms. The van der Waals surface area contributed by atoms with Gasteiger partial charge in [0, 0.05) is 31.1 Å². The number of rotatable bonds is 1. The van der Waals surface area contributed by atoms with Gasteiger partial charge >= 0.3 is 6.09 Å². The average molecular weight is 460 g/mol. The molecule has 1 aliphatic rings. The quantitative estimate of drug-likeness (QED) is 0.582. The predicted octanol–water partition coefficient (Wildman–Crippen LogP) is 4.63. The molecule has 3 rings (SSSR count). The summed E-state index contributed by atoms with van der Waals surface area (Å²) in [6.45, 7) is 8.97. The number of fused-ring (bicyclic) bond motifs is 1. The van der Waals surface area contributed by atoms with Crippen molar-refractivity contribution in [3.8, 4) is 0 Å². The predicted molar refractivity (Wildman–Crippen MR) is 107 cm³/mol.